The fourth-order valence-corrected chi connectivity index (χ4v) is 8.46. The molecule has 2 saturated carbocycles. The molecule has 2 fully saturated rings. The van der Waals surface area contributed by atoms with Crippen molar-refractivity contribution in [1.29, 1.82) is 0 Å². The third kappa shape index (κ3) is 3.98. The van der Waals surface area contributed by atoms with Crippen molar-refractivity contribution in [2.75, 3.05) is 0 Å². The summed E-state index contributed by atoms with van der Waals surface area (Å²) in [5.74, 6) is 1.61. The Morgan fingerprint density at radius 3 is 2.50 bits per heavy atom. The van der Waals surface area contributed by atoms with Gasteiger partial charge in [-0.2, -0.15) is 0 Å². The van der Waals surface area contributed by atoms with E-state index in [4.69, 9.17) is 0 Å². The van der Waals surface area contributed by atoms with Gasteiger partial charge in [0.25, 0.3) is 10.4 Å². The van der Waals surface area contributed by atoms with Crippen LogP contribution in [-0.2, 0) is 16.8 Å². The number of fused-ring (bicyclic) bond motifs is 3. The largest absolute Gasteiger partial charge is 0.716 e. The molecule has 0 unspecified atom stereocenters. The fourth-order valence-electron chi connectivity index (χ4n) is 8.12. The number of rotatable bonds is 4. The molecule has 1 aromatic carbocycles. The Balaban J connectivity index is 1.69. The Morgan fingerprint density at radius 2 is 1.81 bits per heavy atom. The Bertz CT molecular complexity index is 1030. The SMILES string of the molecule is CC1=CC[C@H]2[C@@](C)(CC[C@H]3C(C)(C)CCC[C@]23C)[C@@H]1Cc1cc(OS(=O)(=O)[O-])ccc1O. The maximum atomic E-state index is 11.1. The van der Waals surface area contributed by atoms with Crippen LogP contribution in [0.3, 0.4) is 0 Å². The molecule has 3 aliphatic rings. The maximum absolute atomic E-state index is 11.1. The Labute approximate surface area is 193 Å². The highest BCUT2D eigenvalue weighted by atomic mass is 32.3. The smallest absolute Gasteiger partial charge is 0.262 e. The van der Waals surface area contributed by atoms with E-state index in [9.17, 15) is 18.1 Å². The predicted molar refractivity (Wildman–Crippen MR) is 124 cm³/mol. The van der Waals surface area contributed by atoms with E-state index < -0.39 is 10.4 Å². The molecule has 5 atom stereocenters. The van der Waals surface area contributed by atoms with Crippen molar-refractivity contribution in [3.8, 4) is 11.5 Å². The van der Waals surface area contributed by atoms with E-state index in [1.807, 2.05) is 0 Å². The molecule has 3 aliphatic carbocycles. The second kappa shape index (κ2) is 7.76. The topological polar surface area (TPSA) is 86.7 Å². The summed E-state index contributed by atoms with van der Waals surface area (Å²) in [4.78, 5) is 0. The standard InChI is InChI=1S/C26H38O5S/c1-17-7-10-23-25(4,14-11-22-24(2,3)12-6-13-26(22,23)5)20(17)16-18-15-19(8-9-21(18)27)31-32(28,29)30/h7-9,15,20,22-23,27H,6,10-14,16H2,1-5H3,(H,28,29,30)/p-1/t20-,22+,23+,25+,26+/m1/s1. The van der Waals surface area contributed by atoms with Crippen molar-refractivity contribution in [1.82, 2.24) is 0 Å². The van der Waals surface area contributed by atoms with Crippen LogP contribution in [-0.4, -0.2) is 18.1 Å². The van der Waals surface area contributed by atoms with Gasteiger partial charge in [0.05, 0.1) is 0 Å². The summed E-state index contributed by atoms with van der Waals surface area (Å²) in [6, 6.07) is 4.24. The van der Waals surface area contributed by atoms with Crippen molar-refractivity contribution >= 4 is 10.4 Å². The molecule has 0 bridgehead atoms. The van der Waals surface area contributed by atoms with Crippen LogP contribution in [0.2, 0.25) is 0 Å². The number of allylic oxidation sites excluding steroid dienone is 2. The van der Waals surface area contributed by atoms with Gasteiger partial charge in [-0.05, 0) is 103 Å². The Kier molecular flexibility index (Phi) is 5.73. The van der Waals surface area contributed by atoms with Gasteiger partial charge >= 0.3 is 0 Å². The van der Waals surface area contributed by atoms with Crippen LogP contribution in [0.1, 0.15) is 78.7 Å². The van der Waals surface area contributed by atoms with Crippen LogP contribution in [0.4, 0.5) is 0 Å². The van der Waals surface area contributed by atoms with Crippen molar-refractivity contribution in [3.63, 3.8) is 0 Å². The van der Waals surface area contributed by atoms with E-state index in [2.05, 4.69) is 44.9 Å². The van der Waals surface area contributed by atoms with E-state index in [1.165, 1.54) is 49.5 Å². The van der Waals surface area contributed by atoms with Crippen molar-refractivity contribution < 1.29 is 22.3 Å². The number of phenols is 1. The highest BCUT2D eigenvalue weighted by molar-refractivity contribution is 7.81. The summed E-state index contributed by atoms with van der Waals surface area (Å²) in [5, 5.41) is 10.5. The molecule has 0 amide bonds. The molecule has 0 saturated heterocycles. The molecule has 0 aromatic heterocycles. The summed E-state index contributed by atoms with van der Waals surface area (Å²) >= 11 is 0. The molecule has 1 aromatic rings. The summed E-state index contributed by atoms with van der Waals surface area (Å²) in [6.07, 6.45) is 10.3. The second-order valence-electron chi connectivity index (χ2n) is 11.7. The third-order valence-electron chi connectivity index (χ3n) is 9.53. The minimum atomic E-state index is -4.86. The first-order chi connectivity index (χ1) is 14.8. The zero-order chi connectivity index (χ0) is 23.5. The molecular weight excluding hydrogens is 424 g/mol. The molecule has 178 valence electrons. The summed E-state index contributed by atoms with van der Waals surface area (Å²) in [5.41, 5.74) is 2.73. The lowest BCUT2D eigenvalue weighted by Crippen LogP contribution is -2.57. The molecule has 0 radical (unpaired) electrons. The van der Waals surface area contributed by atoms with E-state index in [1.54, 1.807) is 0 Å². The predicted octanol–water partition coefficient (Wildman–Crippen LogP) is 5.99. The molecule has 6 heteroatoms. The molecule has 1 N–H and O–H groups in total. The number of benzene rings is 1. The van der Waals surface area contributed by atoms with Gasteiger partial charge in [-0.1, -0.05) is 45.8 Å². The fraction of sp³-hybridized carbons (Fsp3) is 0.692. The number of hydrogen-bond acceptors (Lipinski definition) is 5. The molecule has 5 nitrogen and oxygen atoms in total. The van der Waals surface area contributed by atoms with Gasteiger partial charge < -0.3 is 13.8 Å². The monoisotopic (exact) mass is 461 g/mol. The van der Waals surface area contributed by atoms with Crippen LogP contribution in [0.5, 0.6) is 11.5 Å². The van der Waals surface area contributed by atoms with Crippen LogP contribution in [0.25, 0.3) is 0 Å². The highest BCUT2D eigenvalue weighted by Crippen LogP contribution is 2.68. The van der Waals surface area contributed by atoms with E-state index in [0.717, 1.165) is 18.8 Å². The van der Waals surface area contributed by atoms with Crippen LogP contribution < -0.4 is 4.18 Å². The number of aromatic hydroxyl groups is 1. The lowest BCUT2D eigenvalue weighted by atomic mass is 9.39. The van der Waals surface area contributed by atoms with Gasteiger partial charge in [-0.15, -0.1) is 0 Å². The average Bonchev–Trinajstić information content (AvgIpc) is 2.65. The molecule has 0 heterocycles. The van der Waals surface area contributed by atoms with Crippen LogP contribution in [0.15, 0.2) is 29.8 Å². The van der Waals surface area contributed by atoms with Crippen LogP contribution >= 0.6 is 0 Å². The number of phenolic OH excluding ortho intramolecular Hbond substituents is 1. The normalized spacial score (nSPS) is 36.6. The van der Waals surface area contributed by atoms with Crippen molar-refractivity contribution in [2.24, 2.45) is 34.0 Å². The second-order valence-corrected chi connectivity index (χ2v) is 12.7. The van der Waals surface area contributed by atoms with Gasteiger partial charge in [0, 0.05) is 0 Å². The van der Waals surface area contributed by atoms with Gasteiger partial charge in [0.2, 0.25) is 0 Å². The van der Waals surface area contributed by atoms with Crippen molar-refractivity contribution in [3.05, 3.63) is 35.4 Å². The molecule has 0 spiro atoms. The first-order valence-corrected chi connectivity index (χ1v) is 13.2. The summed E-state index contributed by atoms with van der Waals surface area (Å²) in [6.45, 7) is 12.0. The Morgan fingerprint density at radius 1 is 1.09 bits per heavy atom. The molecule has 32 heavy (non-hydrogen) atoms. The minimum Gasteiger partial charge on any atom is -0.716 e. The van der Waals surface area contributed by atoms with Crippen molar-refractivity contribution in [2.45, 2.75) is 79.6 Å². The summed E-state index contributed by atoms with van der Waals surface area (Å²) in [7, 11) is -4.86. The van der Waals surface area contributed by atoms with Gasteiger partial charge in [0.15, 0.2) is 0 Å². The van der Waals surface area contributed by atoms with E-state index >= 15 is 0 Å². The van der Waals surface area contributed by atoms with E-state index in [-0.39, 0.29) is 22.8 Å². The third-order valence-corrected chi connectivity index (χ3v) is 9.93. The zero-order valence-corrected chi connectivity index (χ0v) is 20.8. The molecule has 4 rings (SSSR count). The average molecular weight is 462 g/mol. The first-order valence-electron chi connectivity index (χ1n) is 11.9. The minimum absolute atomic E-state index is 0.0448. The summed E-state index contributed by atoms with van der Waals surface area (Å²) < 4.78 is 37.7. The molecular formula is C26H37O5S-. The zero-order valence-electron chi connectivity index (χ0n) is 20.0. The lowest BCUT2D eigenvalue weighted by molar-refractivity contribution is -0.145. The maximum Gasteiger partial charge on any atom is 0.262 e. The molecule has 0 aliphatic heterocycles. The van der Waals surface area contributed by atoms with Gasteiger partial charge in [-0.25, -0.2) is 8.42 Å². The number of hydrogen-bond donors (Lipinski definition) is 1. The van der Waals surface area contributed by atoms with E-state index in [0.29, 0.717) is 28.7 Å². The van der Waals surface area contributed by atoms with Crippen LogP contribution in [0, 0.1) is 34.0 Å². The van der Waals surface area contributed by atoms with Gasteiger partial charge in [0.1, 0.15) is 11.5 Å². The quantitative estimate of drug-likeness (QED) is 0.338. The highest BCUT2D eigenvalue weighted by Gasteiger charge is 2.60. The lowest BCUT2D eigenvalue weighted by Gasteiger charge is -2.65. The van der Waals surface area contributed by atoms with Gasteiger partial charge in [-0.3, -0.25) is 0 Å². The Hall–Kier alpha value is -1.53. The first kappa shape index (κ1) is 23.6.